The Balaban J connectivity index is 1.66. The Morgan fingerprint density at radius 1 is 1.00 bits per heavy atom. The largest absolute Gasteiger partial charge is 0.415 e. The molecule has 4 rings (SSSR count). The fourth-order valence-electron chi connectivity index (χ4n) is 4.50. The number of carbonyl (C=O) groups excluding carboxylic acids is 1. The van der Waals surface area contributed by atoms with Gasteiger partial charge in [0.2, 0.25) is 0 Å². The van der Waals surface area contributed by atoms with Crippen LogP contribution in [0.15, 0.2) is 102 Å². The Morgan fingerprint density at radius 3 is 2.31 bits per heavy atom. The first-order chi connectivity index (χ1) is 19.8. The summed E-state index contributed by atoms with van der Waals surface area (Å²) in [6.07, 6.45) is 0.0194. The molecule has 3 aromatic rings. The first-order valence-corrected chi connectivity index (χ1v) is 15.5. The van der Waals surface area contributed by atoms with E-state index in [0.717, 1.165) is 24.7 Å². The minimum absolute atomic E-state index is 0.196. The average molecular weight is 598 g/mol. The van der Waals surface area contributed by atoms with E-state index < -0.39 is 33.5 Å². The monoisotopic (exact) mass is 597 g/mol. The number of sulfone groups is 1. The Labute approximate surface area is 244 Å². The molecule has 0 aliphatic heterocycles. The van der Waals surface area contributed by atoms with Crippen LogP contribution in [0.2, 0.25) is 0 Å². The van der Waals surface area contributed by atoms with E-state index in [2.05, 4.69) is 22.5 Å². The van der Waals surface area contributed by atoms with E-state index in [9.17, 15) is 26.4 Å². The maximum absolute atomic E-state index is 13.4. The molecule has 42 heavy (non-hydrogen) atoms. The zero-order valence-electron chi connectivity index (χ0n) is 23.5. The van der Waals surface area contributed by atoms with E-state index in [4.69, 9.17) is 0 Å². The van der Waals surface area contributed by atoms with E-state index in [-0.39, 0.29) is 10.6 Å². The third kappa shape index (κ3) is 8.33. The van der Waals surface area contributed by atoms with Gasteiger partial charge in [0.25, 0.3) is 5.91 Å². The Morgan fingerprint density at radius 2 is 1.67 bits per heavy atom. The molecule has 0 aromatic heterocycles. The van der Waals surface area contributed by atoms with E-state index in [1.807, 2.05) is 19.1 Å². The number of hydrogen-bond donors (Lipinski definition) is 3. The second kappa shape index (κ2) is 13.0. The average Bonchev–Trinajstić information content (AvgIpc) is 3.77. The van der Waals surface area contributed by atoms with Gasteiger partial charge in [-0.3, -0.25) is 4.79 Å². The van der Waals surface area contributed by atoms with Gasteiger partial charge in [-0.15, -0.1) is 0 Å². The summed E-state index contributed by atoms with van der Waals surface area (Å²) in [6, 6.07) is 20.1. The van der Waals surface area contributed by atoms with E-state index in [1.165, 1.54) is 0 Å². The molecule has 0 bridgehead atoms. The molecule has 6 nitrogen and oxygen atoms in total. The number of carbonyl (C=O) groups is 1. The smallest absolute Gasteiger partial charge is 0.351 e. The fraction of sp³-hybridized carbons (Fsp3) is 0.281. The standard InChI is InChI=1S/C32H34F3N3O3S/c1-4-22-9-7-11-25(18-22)37-28(17-21(2)32(33,34)35)31(39)38-26-12-8-10-24(19-26)30(36-20-23-15-16-23)27-13-5-6-14-29(27)42(3,40)41/h5-14,17-19,23,30,36-37H,2,4,15-16,20H2,1,3H3,(H,38,39)/b28-17-. The lowest BCUT2D eigenvalue weighted by Crippen LogP contribution is -2.26. The van der Waals surface area contributed by atoms with Gasteiger partial charge in [-0.25, -0.2) is 8.42 Å². The summed E-state index contributed by atoms with van der Waals surface area (Å²) < 4.78 is 65.3. The minimum Gasteiger partial charge on any atom is -0.351 e. The maximum Gasteiger partial charge on any atom is 0.415 e. The third-order valence-electron chi connectivity index (χ3n) is 6.96. The van der Waals surface area contributed by atoms with Gasteiger partial charge in [0.15, 0.2) is 9.84 Å². The Kier molecular flexibility index (Phi) is 9.58. The molecule has 0 heterocycles. The molecular formula is C32H34F3N3O3S. The van der Waals surface area contributed by atoms with Crippen LogP contribution in [-0.2, 0) is 21.1 Å². The first kappa shape index (κ1) is 31.1. The van der Waals surface area contributed by atoms with Crippen molar-refractivity contribution in [3.05, 3.63) is 113 Å². The molecule has 1 amide bonds. The number of aryl methyl sites for hydroxylation is 1. The van der Waals surface area contributed by atoms with E-state index in [1.54, 1.807) is 60.7 Å². The molecule has 0 spiro atoms. The lowest BCUT2D eigenvalue weighted by atomic mass is 9.97. The molecule has 1 fully saturated rings. The molecule has 0 saturated heterocycles. The lowest BCUT2D eigenvalue weighted by molar-refractivity contribution is -0.112. The van der Waals surface area contributed by atoms with Gasteiger partial charge in [0.05, 0.1) is 16.5 Å². The van der Waals surface area contributed by atoms with Gasteiger partial charge in [-0.05, 0) is 84.8 Å². The highest BCUT2D eigenvalue weighted by Crippen LogP contribution is 2.33. The van der Waals surface area contributed by atoms with Gasteiger partial charge < -0.3 is 16.0 Å². The van der Waals surface area contributed by atoms with E-state index >= 15 is 0 Å². The molecular weight excluding hydrogens is 563 g/mol. The number of halogens is 3. The highest BCUT2D eigenvalue weighted by molar-refractivity contribution is 7.90. The Bertz CT molecular complexity index is 1600. The molecule has 10 heteroatoms. The van der Waals surface area contributed by atoms with Crippen molar-refractivity contribution >= 4 is 27.1 Å². The lowest BCUT2D eigenvalue weighted by Gasteiger charge is -2.23. The SMILES string of the molecule is C=C(/C=C(\Nc1cccc(CC)c1)C(=O)Nc1cccc(C(NCC2CC2)c2ccccc2S(C)(=O)=O)c1)C(F)(F)F. The van der Waals surface area contributed by atoms with Crippen molar-refractivity contribution in [3.8, 4) is 0 Å². The van der Waals surface area contributed by atoms with Crippen molar-refractivity contribution in [1.29, 1.82) is 0 Å². The molecule has 1 aliphatic rings. The van der Waals surface area contributed by atoms with Crippen molar-refractivity contribution in [2.45, 2.75) is 43.3 Å². The van der Waals surface area contributed by atoms with Crippen LogP contribution < -0.4 is 16.0 Å². The number of allylic oxidation sites excluding steroid dienone is 2. The molecule has 3 aromatic carbocycles. The van der Waals surface area contributed by atoms with Gasteiger partial charge in [-0.2, -0.15) is 13.2 Å². The fourth-order valence-corrected chi connectivity index (χ4v) is 5.44. The molecule has 3 N–H and O–H groups in total. The van der Waals surface area contributed by atoms with Crippen molar-refractivity contribution in [3.63, 3.8) is 0 Å². The van der Waals surface area contributed by atoms with Crippen LogP contribution in [0.3, 0.4) is 0 Å². The van der Waals surface area contributed by atoms with Gasteiger partial charge in [0, 0.05) is 17.6 Å². The summed E-state index contributed by atoms with van der Waals surface area (Å²) in [4.78, 5) is 13.5. The molecule has 1 unspecified atom stereocenters. The van der Waals surface area contributed by atoms with Crippen molar-refractivity contribution in [2.75, 3.05) is 23.4 Å². The van der Waals surface area contributed by atoms with Crippen molar-refractivity contribution < 1.29 is 26.4 Å². The van der Waals surface area contributed by atoms with Gasteiger partial charge >= 0.3 is 6.18 Å². The molecule has 0 radical (unpaired) electrons. The van der Waals surface area contributed by atoms with Gasteiger partial charge in [-0.1, -0.05) is 56.0 Å². The topological polar surface area (TPSA) is 87.3 Å². The number of alkyl halides is 3. The quantitative estimate of drug-likeness (QED) is 0.158. The number of hydrogen-bond acceptors (Lipinski definition) is 5. The summed E-state index contributed by atoms with van der Waals surface area (Å²) in [7, 11) is -3.53. The summed E-state index contributed by atoms with van der Waals surface area (Å²) in [5.74, 6) is -0.286. The second-order valence-corrected chi connectivity index (χ2v) is 12.4. The zero-order valence-corrected chi connectivity index (χ0v) is 24.3. The summed E-state index contributed by atoms with van der Waals surface area (Å²) in [5, 5.41) is 8.98. The predicted molar refractivity (Wildman–Crippen MR) is 160 cm³/mol. The normalized spacial score (nSPS) is 14.7. The first-order valence-electron chi connectivity index (χ1n) is 13.6. The Hall–Kier alpha value is -3.89. The van der Waals surface area contributed by atoms with Crippen LogP contribution in [-0.4, -0.2) is 33.3 Å². The maximum atomic E-state index is 13.4. The number of anilines is 2. The minimum atomic E-state index is -4.72. The van der Waals surface area contributed by atoms with E-state index in [0.29, 0.717) is 47.5 Å². The summed E-state index contributed by atoms with van der Waals surface area (Å²) in [5.41, 5.74) is 1.49. The molecule has 1 aliphatic carbocycles. The highest BCUT2D eigenvalue weighted by atomic mass is 32.2. The van der Waals surface area contributed by atoms with Crippen LogP contribution in [0, 0.1) is 5.92 Å². The predicted octanol–water partition coefficient (Wildman–Crippen LogP) is 6.79. The van der Waals surface area contributed by atoms with Crippen molar-refractivity contribution in [1.82, 2.24) is 5.32 Å². The van der Waals surface area contributed by atoms with Crippen LogP contribution in [0.5, 0.6) is 0 Å². The van der Waals surface area contributed by atoms with Crippen LogP contribution in [0.4, 0.5) is 24.5 Å². The number of nitrogens with one attached hydrogen (secondary N) is 3. The van der Waals surface area contributed by atoms with Crippen LogP contribution in [0.1, 0.15) is 42.5 Å². The molecule has 1 atom stereocenters. The van der Waals surface area contributed by atoms with Crippen molar-refractivity contribution in [2.24, 2.45) is 5.92 Å². The summed E-state index contributed by atoms with van der Waals surface area (Å²) >= 11 is 0. The van der Waals surface area contributed by atoms with Crippen LogP contribution in [0.25, 0.3) is 0 Å². The number of benzene rings is 3. The number of rotatable bonds is 12. The second-order valence-electron chi connectivity index (χ2n) is 10.4. The number of amides is 1. The highest BCUT2D eigenvalue weighted by Gasteiger charge is 2.31. The molecule has 222 valence electrons. The van der Waals surface area contributed by atoms with Gasteiger partial charge in [0.1, 0.15) is 5.70 Å². The zero-order chi connectivity index (χ0) is 30.5. The molecule has 1 saturated carbocycles. The summed E-state index contributed by atoms with van der Waals surface area (Å²) in [6.45, 7) is 5.72. The third-order valence-corrected chi connectivity index (χ3v) is 8.13. The van der Waals surface area contributed by atoms with Crippen LogP contribution >= 0.6 is 0 Å².